The van der Waals surface area contributed by atoms with Crippen LogP contribution in [-0.2, 0) is 26.1 Å². The van der Waals surface area contributed by atoms with Crippen LogP contribution in [0.15, 0.2) is 29.2 Å². The quantitative estimate of drug-likeness (QED) is 0.776. The number of rotatable bonds is 4. The lowest BCUT2D eigenvalue weighted by Gasteiger charge is -2.14. The molecule has 0 aliphatic carbocycles. The Labute approximate surface area is 170 Å². The fourth-order valence-electron chi connectivity index (χ4n) is 4.15. The number of hydrogen-bond acceptors (Lipinski definition) is 4. The van der Waals surface area contributed by atoms with Gasteiger partial charge in [-0.05, 0) is 62.6 Å². The number of amides is 1. The number of benzene rings is 1. The van der Waals surface area contributed by atoms with E-state index >= 15 is 0 Å². The standard InChI is InChI=1S/C21H25N3O4S/c1-13-9-15(14(2)24(13)12-16-5-4-8-28-16)10-19-18-11-17(29(22,26)27)6-7-20(18)23(3)21(19)25/h6-7,9-11,16H,4-5,8,12H2,1-3H3,(H2,22,26,27)/b19-10+/t16-/m0/s1. The Morgan fingerprint density at radius 3 is 2.69 bits per heavy atom. The van der Waals surface area contributed by atoms with Crippen molar-refractivity contribution in [1.82, 2.24) is 4.57 Å². The van der Waals surface area contributed by atoms with Crippen LogP contribution in [0.5, 0.6) is 0 Å². The lowest BCUT2D eigenvalue weighted by Crippen LogP contribution is -2.20. The van der Waals surface area contributed by atoms with E-state index in [2.05, 4.69) is 4.57 Å². The van der Waals surface area contributed by atoms with Gasteiger partial charge in [-0.3, -0.25) is 4.79 Å². The number of aryl methyl sites for hydroxylation is 1. The summed E-state index contributed by atoms with van der Waals surface area (Å²) >= 11 is 0. The van der Waals surface area contributed by atoms with Gasteiger partial charge in [-0.1, -0.05) is 0 Å². The molecule has 7 nitrogen and oxygen atoms in total. The van der Waals surface area contributed by atoms with E-state index in [0.29, 0.717) is 16.8 Å². The van der Waals surface area contributed by atoms with E-state index in [1.54, 1.807) is 13.1 Å². The van der Waals surface area contributed by atoms with Crippen molar-refractivity contribution in [2.75, 3.05) is 18.6 Å². The van der Waals surface area contributed by atoms with Crippen LogP contribution < -0.4 is 10.0 Å². The van der Waals surface area contributed by atoms with Crippen LogP contribution in [0.25, 0.3) is 11.6 Å². The van der Waals surface area contributed by atoms with E-state index in [1.165, 1.54) is 17.0 Å². The smallest absolute Gasteiger partial charge is 0.258 e. The van der Waals surface area contributed by atoms with Crippen LogP contribution in [0.4, 0.5) is 5.69 Å². The van der Waals surface area contributed by atoms with Gasteiger partial charge >= 0.3 is 0 Å². The molecular formula is C21H25N3O4S. The maximum Gasteiger partial charge on any atom is 0.258 e. The number of ether oxygens (including phenoxy) is 1. The predicted molar refractivity (Wildman–Crippen MR) is 112 cm³/mol. The van der Waals surface area contributed by atoms with Crippen LogP contribution in [0.1, 0.15) is 35.4 Å². The normalized spacial score (nSPS) is 20.7. The van der Waals surface area contributed by atoms with E-state index in [1.807, 2.05) is 26.0 Å². The number of hydrogen-bond donors (Lipinski definition) is 1. The Morgan fingerprint density at radius 1 is 1.28 bits per heavy atom. The number of carbonyl (C=O) groups is 1. The second kappa shape index (κ2) is 7.12. The number of sulfonamides is 1. The van der Waals surface area contributed by atoms with Gasteiger partial charge in [0, 0.05) is 42.7 Å². The first-order valence-corrected chi connectivity index (χ1v) is 11.2. The van der Waals surface area contributed by atoms with Gasteiger partial charge in [0.25, 0.3) is 5.91 Å². The van der Waals surface area contributed by atoms with Crippen molar-refractivity contribution in [3.8, 4) is 0 Å². The van der Waals surface area contributed by atoms with Crippen molar-refractivity contribution in [2.24, 2.45) is 5.14 Å². The molecule has 2 N–H and O–H groups in total. The highest BCUT2D eigenvalue weighted by atomic mass is 32.2. The second-order valence-corrected chi connectivity index (χ2v) is 9.28. The Kier molecular flexibility index (Phi) is 4.88. The van der Waals surface area contributed by atoms with Crippen LogP contribution in [0.2, 0.25) is 0 Å². The summed E-state index contributed by atoms with van der Waals surface area (Å²) in [5.74, 6) is -0.171. The molecule has 1 fully saturated rings. The molecule has 0 saturated carbocycles. The van der Waals surface area contributed by atoms with Crippen molar-refractivity contribution >= 4 is 33.3 Å². The highest BCUT2D eigenvalue weighted by molar-refractivity contribution is 7.89. The number of aromatic nitrogens is 1. The Morgan fingerprint density at radius 2 is 2.03 bits per heavy atom. The molecule has 29 heavy (non-hydrogen) atoms. The zero-order valence-electron chi connectivity index (χ0n) is 16.8. The molecule has 0 bridgehead atoms. The maximum absolute atomic E-state index is 12.9. The van der Waals surface area contributed by atoms with E-state index in [-0.39, 0.29) is 16.9 Å². The van der Waals surface area contributed by atoms with Crippen LogP contribution in [0.3, 0.4) is 0 Å². The molecule has 1 saturated heterocycles. The van der Waals surface area contributed by atoms with E-state index in [4.69, 9.17) is 9.88 Å². The van der Waals surface area contributed by atoms with Gasteiger partial charge in [0.1, 0.15) is 0 Å². The third-order valence-corrected chi connectivity index (χ3v) is 6.72. The highest BCUT2D eigenvalue weighted by Crippen LogP contribution is 2.38. The summed E-state index contributed by atoms with van der Waals surface area (Å²) in [5.41, 5.74) is 4.80. The summed E-state index contributed by atoms with van der Waals surface area (Å²) in [6, 6.07) is 6.57. The fourth-order valence-corrected chi connectivity index (χ4v) is 4.69. The summed E-state index contributed by atoms with van der Waals surface area (Å²) in [6.07, 6.45) is 4.20. The molecule has 1 aromatic carbocycles. The topological polar surface area (TPSA) is 94.6 Å². The Balaban J connectivity index is 1.77. The first kappa shape index (κ1) is 19.9. The number of primary sulfonamides is 1. The van der Waals surface area contributed by atoms with Gasteiger partial charge in [-0.25, -0.2) is 13.6 Å². The van der Waals surface area contributed by atoms with Gasteiger partial charge in [-0.15, -0.1) is 0 Å². The molecule has 1 amide bonds. The van der Waals surface area contributed by atoms with E-state index in [9.17, 15) is 13.2 Å². The Hall–Kier alpha value is -2.42. The molecule has 1 aromatic heterocycles. The molecule has 154 valence electrons. The van der Waals surface area contributed by atoms with Crippen molar-refractivity contribution in [2.45, 2.75) is 44.2 Å². The lowest BCUT2D eigenvalue weighted by atomic mass is 10.0. The van der Waals surface area contributed by atoms with Gasteiger partial charge < -0.3 is 14.2 Å². The number of nitrogens with zero attached hydrogens (tertiary/aromatic N) is 2. The third-order valence-electron chi connectivity index (χ3n) is 5.81. The molecule has 8 heteroatoms. The third kappa shape index (κ3) is 3.52. The highest BCUT2D eigenvalue weighted by Gasteiger charge is 2.31. The van der Waals surface area contributed by atoms with Gasteiger partial charge in [-0.2, -0.15) is 0 Å². The largest absolute Gasteiger partial charge is 0.376 e. The molecule has 1 atom stereocenters. The van der Waals surface area contributed by atoms with Gasteiger partial charge in [0.2, 0.25) is 10.0 Å². The molecule has 3 heterocycles. The Bertz CT molecular complexity index is 1130. The first-order valence-electron chi connectivity index (χ1n) is 9.62. The molecule has 0 radical (unpaired) electrons. The van der Waals surface area contributed by atoms with Crippen molar-refractivity contribution in [3.63, 3.8) is 0 Å². The van der Waals surface area contributed by atoms with Crippen LogP contribution in [0, 0.1) is 13.8 Å². The van der Waals surface area contributed by atoms with Crippen LogP contribution >= 0.6 is 0 Å². The summed E-state index contributed by atoms with van der Waals surface area (Å²) in [6.45, 7) is 5.67. The lowest BCUT2D eigenvalue weighted by molar-refractivity contribution is -0.112. The van der Waals surface area contributed by atoms with Crippen LogP contribution in [-0.4, -0.2) is 38.7 Å². The summed E-state index contributed by atoms with van der Waals surface area (Å²) in [4.78, 5) is 14.4. The van der Waals surface area contributed by atoms with Gasteiger partial charge in [0.15, 0.2) is 0 Å². The van der Waals surface area contributed by atoms with Crippen molar-refractivity contribution in [3.05, 3.63) is 46.8 Å². The van der Waals surface area contributed by atoms with E-state index in [0.717, 1.165) is 42.9 Å². The molecule has 2 aliphatic rings. The minimum atomic E-state index is -3.85. The van der Waals surface area contributed by atoms with Gasteiger partial charge in [0.05, 0.1) is 16.7 Å². The summed E-state index contributed by atoms with van der Waals surface area (Å²) < 4.78 is 31.5. The summed E-state index contributed by atoms with van der Waals surface area (Å²) in [5, 5.41) is 5.28. The number of nitrogens with two attached hydrogens (primary N) is 1. The van der Waals surface area contributed by atoms with E-state index < -0.39 is 10.0 Å². The van der Waals surface area contributed by atoms with Crippen molar-refractivity contribution < 1.29 is 17.9 Å². The molecule has 0 unspecified atom stereocenters. The second-order valence-electron chi connectivity index (χ2n) is 7.72. The molecule has 0 spiro atoms. The average Bonchev–Trinajstić information content (AvgIpc) is 3.33. The number of likely N-dealkylation sites (N-methyl/N-ethyl adjacent to an activating group) is 1. The maximum atomic E-state index is 12.9. The first-order chi connectivity index (χ1) is 13.7. The number of carbonyl (C=O) groups excluding carboxylic acids is 1. The van der Waals surface area contributed by atoms with Crippen molar-refractivity contribution in [1.29, 1.82) is 0 Å². The zero-order valence-corrected chi connectivity index (χ0v) is 17.6. The zero-order chi connectivity index (χ0) is 20.9. The fraction of sp³-hybridized carbons (Fsp3) is 0.381. The molecule has 2 aliphatic heterocycles. The number of fused-ring (bicyclic) bond motifs is 1. The monoisotopic (exact) mass is 415 g/mol. The average molecular weight is 416 g/mol. The SMILES string of the molecule is Cc1cc(/C=C2/C(=O)N(C)c3ccc(S(N)(=O)=O)cc32)c(C)n1C[C@@H]1CCCO1. The summed E-state index contributed by atoms with van der Waals surface area (Å²) in [7, 11) is -2.18. The molecule has 4 rings (SSSR count). The minimum absolute atomic E-state index is 0.00546. The number of anilines is 1. The molecule has 2 aromatic rings. The predicted octanol–water partition coefficient (Wildman–Crippen LogP) is 2.45. The molecular weight excluding hydrogens is 390 g/mol. The minimum Gasteiger partial charge on any atom is -0.376 e.